The molecule has 1 spiro atoms. The first-order valence-electron chi connectivity index (χ1n) is 14.6. The molecule has 4 aliphatic heterocycles. The molecule has 1 amide bonds. The largest absolute Gasteiger partial charge is 0.370 e. The molecule has 0 aliphatic carbocycles. The zero-order chi connectivity index (χ0) is 26.9. The number of quaternary nitrogens is 1. The number of para-hydroxylation sites is 1. The van der Waals surface area contributed by atoms with E-state index in [4.69, 9.17) is 9.73 Å². The summed E-state index contributed by atoms with van der Waals surface area (Å²) in [6, 6.07) is 16.9. The maximum atomic E-state index is 11.4. The highest BCUT2D eigenvalue weighted by molar-refractivity contribution is 6.05. The van der Waals surface area contributed by atoms with Crippen molar-refractivity contribution in [2.75, 3.05) is 69.7 Å². The van der Waals surface area contributed by atoms with E-state index in [9.17, 15) is 4.79 Å². The summed E-state index contributed by atoms with van der Waals surface area (Å²) in [7, 11) is 0. The Morgan fingerprint density at radius 2 is 1.95 bits per heavy atom. The Balaban J connectivity index is 1.07. The number of rotatable bonds is 8. The summed E-state index contributed by atoms with van der Waals surface area (Å²) in [4.78, 5) is 19.4. The number of carbonyl (C=O) groups is 1. The van der Waals surface area contributed by atoms with Gasteiger partial charge in [-0.25, -0.2) is 10.3 Å². The van der Waals surface area contributed by atoms with Gasteiger partial charge < -0.3 is 15.0 Å². The van der Waals surface area contributed by atoms with E-state index in [1.165, 1.54) is 11.1 Å². The van der Waals surface area contributed by atoms with Gasteiger partial charge in [-0.3, -0.25) is 10.1 Å². The number of nitrogens with zero attached hydrogens (tertiary/aromatic N) is 4. The van der Waals surface area contributed by atoms with Crippen LogP contribution in [0.25, 0.3) is 0 Å². The molecule has 6 rings (SSSR count). The number of benzene rings is 2. The Hall–Kier alpha value is -2.98. The first-order chi connectivity index (χ1) is 19.0. The van der Waals surface area contributed by atoms with Crippen LogP contribution in [0.3, 0.4) is 0 Å². The summed E-state index contributed by atoms with van der Waals surface area (Å²) in [6.07, 6.45) is 3.37. The molecular weight excluding hydrogens is 490 g/mol. The highest BCUT2D eigenvalue weighted by Gasteiger charge is 2.64. The Morgan fingerprint density at radius 1 is 1.15 bits per heavy atom. The van der Waals surface area contributed by atoms with E-state index in [1.54, 1.807) is 6.92 Å². The molecule has 2 fully saturated rings. The van der Waals surface area contributed by atoms with Crippen molar-refractivity contribution < 1.29 is 14.1 Å². The molecule has 3 N–H and O–H groups in total. The lowest BCUT2D eigenvalue weighted by Gasteiger charge is -2.50. The molecule has 1 unspecified atom stereocenters. The van der Waals surface area contributed by atoms with Crippen molar-refractivity contribution in [2.24, 2.45) is 4.99 Å². The fourth-order valence-electron chi connectivity index (χ4n) is 6.96. The number of hydrogen-bond donors (Lipinski definition) is 3. The number of likely N-dealkylation sites (tertiary alicyclic amines) is 1. The zero-order valence-corrected chi connectivity index (χ0v) is 23.3. The van der Waals surface area contributed by atoms with Gasteiger partial charge in [0.05, 0.1) is 25.4 Å². The lowest BCUT2D eigenvalue weighted by molar-refractivity contribution is -1.06. The van der Waals surface area contributed by atoms with Gasteiger partial charge >= 0.3 is 5.91 Å². The Labute approximate surface area is 231 Å². The van der Waals surface area contributed by atoms with Gasteiger partial charge in [0.1, 0.15) is 13.1 Å². The molecule has 0 radical (unpaired) electrons. The number of hydrogen-bond acceptors (Lipinski definition) is 7. The number of piperidine rings is 1. The maximum absolute atomic E-state index is 11.4. The molecule has 2 aromatic rings. The van der Waals surface area contributed by atoms with Crippen LogP contribution >= 0.6 is 0 Å². The van der Waals surface area contributed by atoms with Gasteiger partial charge in [-0.05, 0) is 81.6 Å². The second-order valence-corrected chi connectivity index (χ2v) is 11.2. The van der Waals surface area contributed by atoms with Gasteiger partial charge in [0.15, 0.2) is 5.84 Å². The van der Waals surface area contributed by atoms with Crippen LogP contribution in [0.4, 0.5) is 11.4 Å². The molecule has 0 aromatic heterocycles. The average molecular weight is 533 g/mol. The van der Waals surface area contributed by atoms with Crippen molar-refractivity contribution in [1.82, 2.24) is 15.2 Å². The van der Waals surface area contributed by atoms with E-state index in [-0.39, 0.29) is 5.91 Å². The second-order valence-electron chi connectivity index (χ2n) is 11.2. The molecule has 9 nitrogen and oxygen atoms in total. The van der Waals surface area contributed by atoms with Gasteiger partial charge in [0.25, 0.3) is 0 Å². The second kappa shape index (κ2) is 10.9. The molecule has 0 saturated carbocycles. The van der Waals surface area contributed by atoms with E-state index >= 15 is 0 Å². The van der Waals surface area contributed by atoms with Crippen LogP contribution in [0.15, 0.2) is 53.5 Å². The lowest BCUT2D eigenvalue weighted by Crippen LogP contribution is -2.78. The molecule has 208 valence electrons. The van der Waals surface area contributed by atoms with E-state index in [1.807, 2.05) is 6.07 Å². The number of carbonyl (C=O) groups excluding carboxylic acids is 1. The van der Waals surface area contributed by atoms with Crippen LogP contribution in [0, 0.1) is 0 Å². The van der Waals surface area contributed by atoms with Gasteiger partial charge in [-0.1, -0.05) is 24.3 Å². The fraction of sp³-hybridized carbons (Fsp3) is 0.533. The van der Waals surface area contributed by atoms with Crippen molar-refractivity contribution in [1.29, 1.82) is 0 Å². The molecule has 4 aliphatic rings. The normalized spacial score (nSPS) is 24.3. The van der Waals surface area contributed by atoms with E-state index in [2.05, 4.69) is 75.2 Å². The summed E-state index contributed by atoms with van der Waals surface area (Å²) in [6.45, 7) is 12.1. The van der Waals surface area contributed by atoms with Gasteiger partial charge in [-0.15, -0.1) is 0 Å². The summed E-state index contributed by atoms with van der Waals surface area (Å²) in [5.41, 5.74) is 4.57. The number of anilines is 2. The summed E-state index contributed by atoms with van der Waals surface area (Å²) >= 11 is 0. The van der Waals surface area contributed by atoms with E-state index in [0.717, 1.165) is 100 Å². The standard InChI is InChI=1S/C30H41N7O2/c1-3-36-29-27-10-4-5-11-28(27)33-30(34-29,37(36)18-20-39-21-19-37)31-14-7-15-35-16-12-24(13-17-35)25-8-6-9-26(22-25)32-23(2)38/h4-6,8-11,22,24,31H,3,7,12-21H2,1-2H3,(H-,32,33,34,38)/p+1. The quantitative estimate of drug-likeness (QED) is 0.357. The van der Waals surface area contributed by atoms with Crippen LogP contribution in [0.5, 0.6) is 0 Å². The van der Waals surface area contributed by atoms with Crippen LogP contribution in [0.2, 0.25) is 0 Å². The number of fused-ring (bicyclic) bond motifs is 4. The van der Waals surface area contributed by atoms with Crippen molar-refractivity contribution in [3.05, 3.63) is 59.7 Å². The molecule has 2 bridgehead atoms. The molecule has 4 heterocycles. The highest BCUT2D eigenvalue weighted by Crippen LogP contribution is 2.43. The number of nitrogens with one attached hydrogen (secondary N) is 3. The van der Waals surface area contributed by atoms with Crippen LogP contribution < -0.4 is 16.0 Å². The summed E-state index contributed by atoms with van der Waals surface area (Å²) < 4.78 is 6.55. The minimum absolute atomic E-state index is 0.0220. The molecule has 2 saturated heterocycles. The fourth-order valence-corrected chi connectivity index (χ4v) is 6.96. The molecule has 1 atom stereocenters. The number of aliphatic imine (C=N–C) groups is 1. The minimum atomic E-state index is -0.588. The van der Waals surface area contributed by atoms with Crippen molar-refractivity contribution >= 4 is 23.1 Å². The van der Waals surface area contributed by atoms with Crippen LogP contribution in [0.1, 0.15) is 50.2 Å². The topological polar surface area (TPSA) is 81.2 Å². The van der Waals surface area contributed by atoms with Gasteiger partial charge in [-0.2, -0.15) is 9.58 Å². The Bertz CT molecular complexity index is 1220. The predicted molar refractivity (Wildman–Crippen MR) is 154 cm³/mol. The van der Waals surface area contributed by atoms with E-state index in [0.29, 0.717) is 5.92 Å². The third-order valence-electron chi connectivity index (χ3n) is 8.85. The first kappa shape index (κ1) is 26.3. The molecule has 39 heavy (non-hydrogen) atoms. The van der Waals surface area contributed by atoms with Crippen molar-refractivity contribution in [3.8, 4) is 0 Å². The van der Waals surface area contributed by atoms with Crippen LogP contribution in [-0.4, -0.2) is 91.2 Å². The third kappa shape index (κ3) is 4.82. The number of ether oxygens (including phenoxy) is 1. The van der Waals surface area contributed by atoms with Crippen molar-refractivity contribution in [2.45, 2.75) is 44.9 Å². The highest BCUT2D eigenvalue weighted by atomic mass is 16.5. The first-order valence-corrected chi connectivity index (χ1v) is 14.6. The maximum Gasteiger partial charge on any atom is 0.360 e. The number of morpholine rings is 1. The SMILES string of the molecule is CCN1C2=NC(NCCCN3CCC(c4cccc(NC(C)=O)c4)CC3)(Nc3ccccc32)[N+]12CCOCC2. The minimum Gasteiger partial charge on any atom is -0.370 e. The van der Waals surface area contributed by atoms with Crippen molar-refractivity contribution in [3.63, 3.8) is 0 Å². The lowest BCUT2D eigenvalue weighted by atomic mass is 9.89. The molecule has 2 aromatic carbocycles. The average Bonchev–Trinajstić information content (AvgIpc) is 3.15. The summed E-state index contributed by atoms with van der Waals surface area (Å²) in [5, 5.41) is 13.1. The van der Waals surface area contributed by atoms with Gasteiger partial charge in [0.2, 0.25) is 5.91 Å². The Kier molecular flexibility index (Phi) is 7.33. The number of amides is 1. The number of amidine groups is 1. The van der Waals surface area contributed by atoms with Crippen LogP contribution in [-0.2, 0) is 9.53 Å². The smallest absolute Gasteiger partial charge is 0.360 e. The zero-order valence-electron chi connectivity index (χ0n) is 23.3. The van der Waals surface area contributed by atoms with Gasteiger partial charge in [0, 0.05) is 24.7 Å². The predicted octanol–water partition coefficient (Wildman–Crippen LogP) is 3.39. The van der Waals surface area contributed by atoms with E-state index < -0.39 is 5.91 Å². The molecular formula is C30H42N7O2+. The molecule has 9 heteroatoms. The summed E-state index contributed by atoms with van der Waals surface area (Å²) in [5.74, 6) is 1.03. The Morgan fingerprint density at radius 3 is 2.72 bits per heavy atom. The monoisotopic (exact) mass is 532 g/mol. The third-order valence-corrected chi connectivity index (χ3v) is 8.85.